The summed E-state index contributed by atoms with van der Waals surface area (Å²) in [5.74, 6) is 2.70. The summed E-state index contributed by atoms with van der Waals surface area (Å²) in [7, 11) is 4.19. The van der Waals surface area contributed by atoms with E-state index in [-0.39, 0.29) is 6.04 Å². The van der Waals surface area contributed by atoms with Gasteiger partial charge in [-0.25, -0.2) is 4.98 Å². The number of nitrogens with two attached hydrogens (primary N) is 1. The molecule has 0 radical (unpaired) electrons. The lowest BCUT2D eigenvalue weighted by atomic mass is 10.0. The van der Waals surface area contributed by atoms with E-state index in [9.17, 15) is 0 Å². The van der Waals surface area contributed by atoms with Gasteiger partial charge in [-0.15, -0.1) is 0 Å². The molecule has 2 bridgehead atoms. The monoisotopic (exact) mass is 463 g/mol. The van der Waals surface area contributed by atoms with Crippen molar-refractivity contribution < 1.29 is 4.74 Å². The van der Waals surface area contributed by atoms with Crippen molar-refractivity contribution in [2.75, 3.05) is 50.6 Å². The number of fused-ring (bicyclic) bond motifs is 2. The summed E-state index contributed by atoms with van der Waals surface area (Å²) >= 11 is 0. The summed E-state index contributed by atoms with van der Waals surface area (Å²) in [6.45, 7) is 11.5. The number of hydrogen-bond acceptors (Lipinski definition) is 7. The van der Waals surface area contributed by atoms with Crippen molar-refractivity contribution in [3.05, 3.63) is 53.7 Å². The first-order valence-electron chi connectivity index (χ1n) is 12.1. The second-order valence-electron chi connectivity index (χ2n) is 9.01. The van der Waals surface area contributed by atoms with Crippen molar-refractivity contribution in [3.8, 4) is 5.75 Å². The molecule has 0 spiro atoms. The van der Waals surface area contributed by atoms with Crippen LogP contribution in [-0.2, 0) is 0 Å². The van der Waals surface area contributed by atoms with Crippen LogP contribution in [0.2, 0.25) is 0 Å². The summed E-state index contributed by atoms with van der Waals surface area (Å²) in [6.07, 6.45) is 2.83. The Kier molecular flexibility index (Phi) is 7.26. The Hall–Kier alpha value is -3.26. The Balaban J connectivity index is 1.81. The van der Waals surface area contributed by atoms with Crippen molar-refractivity contribution in [3.63, 3.8) is 0 Å². The predicted octanol–water partition coefficient (Wildman–Crippen LogP) is 4.07. The van der Waals surface area contributed by atoms with Crippen molar-refractivity contribution in [1.29, 1.82) is 0 Å². The van der Waals surface area contributed by atoms with Crippen LogP contribution < -0.4 is 20.7 Å². The molecule has 1 aromatic carbocycles. The Morgan fingerprint density at radius 1 is 1.21 bits per heavy atom. The molecule has 0 saturated carbocycles. The highest BCUT2D eigenvalue weighted by molar-refractivity contribution is 5.68. The van der Waals surface area contributed by atoms with Gasteiger partial charge in [0.15, 0.2) is 5.65 Å². The third kappa shape index (κ3) is 4.82. The zero-order chi connectivity index (χ0) is 24.2. The number of aryl methyl sites for hydroxylation is 1. The molecule has 2 aromatic heterocycles. The highest BCUT2D eigenvalue weighted by Gasteiger charge is 2.24. The van der Waals surface area contributed by atoms with Crippen LogP contribution in [-0.4, -0.2) is 59.8 Å². The summed E-state index contributed by atoms with van der Waals surface area (Å²) in [5, 5.41) is 8.36. The van der Waals surface area contributed by atoms with Crippen LogP contribution in [0.1, 0.15) is 49.0 Å². The van der Waals surface area contributed by atoms with Crippen LogP contribution in [0.25, 0.3) is 11.3 Å². The Morgan fingerprint density at radius 3 is 2.79 bits per heavy atom. The van der Waals surface area contributed by atoms with Gasteiger partial charge in [0.25, 0.3) is 0 Å². The maximum Gasteiger partial charge on any atom is 0.160 e. The number of benzene rings is 1. The van der Waals surface area contributed by atoms with Gasteiger partial charge in [-0.3, -0.25) is 0 Å². The van der Waals surface area contributed by atoms with Crippen LogP contribution in [0.5, 0.6) is 5.75 Å². The van der Waals surface area contributed by atoms with Crippen LogP contribution in [0.3, 0.4) is 0 Å². The first-order chi connectivity index (χ1) is 16.4. The Bertz CT molecular complexity index is 1160. The second kappa shape index (κ2) is 10.3. The standard InChI is InChI=1S/C26H37N7O/c1-6-22-21-16-25-29-24(28-12-11-27)17-26(33(25)30-21)31(4)13-7-8-14-34-23-10-9-18(2)15-20(23)19(3)32(22)5/h9-10,15-17,22H,3,6-8,11-14,27H2,1-2,4-5H3,(H,28,29). The molecule has 0 saturated heterocycles. The van der Waals surface area contributed by atoms with Gasteiger partial charge in [-0.1, -0.05) is 25.1 Å². The van der Waals surface area contributed by atoms with Crippen LogP contribution in [0.4, 0.5) is 11.6 Å². The third-order valence-corrected chi connectivity index (χ3v) is 6.48. The minimum absolute atomic E-state index is 0.0475. The molecule has 0 amide bonds. The van der Waals surface area contributed by atoms with Gasteiger partial charge in [0.2, 0.25) is 0 Å². The molecule has 182 valence electrons. The van der Waals surface area contributed by atoms with Gasteiger partial charge in [0, 0.05) is 57.1 Å². The van der Waals surface area contributed by atoms with E-state index in [0.717, 1.165) is 65.8 Å². The predicted molar refractivity (Wildman–Crippen MR) is 140 cm³/mol. The molecule has 3 heterocycles. The van der Waals surface area contributed by atoms with Gasteiger partial charge >= 0.3 is 0 Å². The maximum atomic E-state index is 6.23. The maximum absolute atomic E-state index is 6.23. The minimum Gasteiger partial charge on any atom is -0.493 e. The molecule has 8 heteroatoms. The van der Waals surface area contributed by atoms with E-state index in [1.165, 1.54) is 5.56 Å². The van der Waals surface area contributed by atoms with E-state index in [1.807, 2.05) is 4.52 Å². The molecule has 0 fully saturated rings. The van der Waals surface area contributed by atoms with Gasteiger partial charge in [-0.05, 0) is 38.3 Å². The van der Waals surface area contributed by atoms with Crippen LogP contribution in [0.15, 0.2) is 36.9 Å². The van der Waals surface area contributed by atoms with Crippen molar-refractivity contribution >= 4 is 23.0 Å². The lowest BCUT2D eigenvalue weighted by Crippen LogP contribution is -2.24. The number of nitrogens with zero attached hydrogens (tertiary/aromatic N) is 5. The number of ether oxygens (including phenoxy) is 1. The van der Waals surface area contributed by atoms with Gasteiger partial charge < -0.3 is 25.6 Å². The fourth-order valence-electron chi connectivity index (χ4n) is 4.50. The van der Waals surface area contributed by atoms with Crippen molar-refractivity contribution in [2.24, 2.45) is 5.73 Å². The fraction of sp³-hybridized carbons (Fsp3) is 0.462. The molecular weight excluding hydrogens is 426 g/mol. The molecule has 34 heavy (non-hydrogen) atoms. The number of hydrogen-bond donors (Lipinski definition) is 2. The summed E-state index contributed by atoms with van der Waals surface area (Å²) in [4.78, 5) is 9.26. The highest BCUT2D eigenvalue weighted by atomic mass is 16.5. The molecule has 3 aromatic rings. The van der Waals surface area contributed by atoms with E-state index >= 15 is 0 Å². The van der Waals surface area contributed by atoms with E-state index < -0.39 is 0 Å². The number of nitrogens with one attached hydrogen (secondary N) is 1. The lowest BCUT2D eigenvalue weighted by molar-refractivity contribution is 0.302. The summed E-state index contributed by atoms with van der Waals surface area (Å²) in [5.41, 5.74) is 10.6. The van der Waals surface area contributed by atoms with Gasteiger partial charge in [-0.2, -0.15) is 9.61 Å². The highest BCUT2D eigenvalue weighted by Crippen LogP contribution is 2.35. The third-order valence-electron chi connectivity index (χ3n) is 6.48. The molecule has 1 unspecified atom stereocenters. The zero-order valence-electron chi connectivity index (χ0n) is 20.8. The first kappa shape index (κ1) is 23.9. The Labute approximate surface area is 202 Å². The van der Waals surface area contributed by atoms with Gasteiger partial charge in [0.1, 0.15) is 17.4 Å². The number of aromatic nitrogens is 3. The average molecular weight is 464 g/mol. The largest absolute Gasteiger partial charge is 0.493 e. The Morgan fingerprint density at radius 2 is 2.03 bits per heavy atom. The zero-order valence-corrected chi connectivity index (χ0v) is 20.8. The fourth-order valence-corrected chi connectivity index (χ4v) is 4.50. The SMILES string of the molecule is C=C1c2cc(C)ccc2OCCCCN(C)c2cc(NCCN)nc3cc(nn23)C(CC)N1C. The van der Waals surface area contributed by atoms with Crippen molar-refractivity contribution in [1.82, 2.24) is 19.5 Å². The normalized spacial score (nSPS) is 17.3. The smallest absolute Gasteiger partial charge is 0.160 e. The van der Waals surface area contributed by atoms with E-state index in [1.54, 1.807) is 0 Å². The molecule has 0 aliphatic carbocycles. The molecule has 1 aliphatic rings. The van der Waals surface area contributed by atoms with Gasteiger partial charge in [0.05, 0.1) is 18.3 Å². The minimum atomic E-state index is 0.0475. The van der Waals surface area contributed by atoms with Crippen molar-refractivity contribution in [2.45, 2.75) is 39.2 Å². The number of rotatable bonds is 4. The van der Waals surface area contributed by atoms with Crippen LogP contribution in [0, 0.1) is 6.92 Å². The molecule has 1 atom stereocenters. The quantitative estimate of drug-likeness (QED) is 0.603. The molecule has 3 N–H and O–H groups in total. The van der Waals surface area contributed by atoms with E-state index in [4.69, 9.17) is 20.6 Å². The first-order valence-corrected chi connectivity index (χ1v) is 12.1. The van der Waals surface area contributed by atoms with Crippen LogP contribution >= 0.6 is 0 Å². The van der Waals surface area contributed by atoms with E-state index in [2.05, 4.69) is 80.0 Å². The topological polar surface area (TPSA) is 83.9 Å². The second-order valence-corrected chi connectivity index (χ2v) is 9.01. The molecule has 4 rings (SSSR count). The molecule has 8 nitrogen and oxygen atoms in total. The van der Waals surface area contributed by atoms with E-state index in [0.29, 0.717) is 19.7 Å². The number of anilines is 2. The summed E-state index contributed by atoms with van der Waals surface area (Å²) in [6, 6.07) is 10.5. The molecule has 1 aliphatic heterocycles. The summed E-state index contributed by atoms with van der Waals surface area (Å²) < 4.78 is 8.19. The average Bonchev–Trinajstić information content (AvgIpc) is 3.25. The molecular formula is C26H37N7O. The lowest BCUT2D eigenvalue weighted by Gasteiger charge is -2.30.